The molecular weight excluding hydrogens is 386 g/mol. The molecule has 5 unspecified atom stereocenters. The number of likely N-dealkylation sites (tertiary alicyclic amines) is 2. The van der Waals surface area contributed by atoms with Gasteiger partial charge in [-0.2, -0.15) is 0 Å². The Kier molecular flexibility index (Phi) is 3.46. The number of nitrogens with zero attached hydrogens (tertiary/aromatic N) is 3. The maximum atomic E-state index is 13.5. The van der Waals surface area contributed by atoms with Gasteiger partial charge in [-0.15, -0.1) is 0 Å². The Bertz CT molecular complexity index is 1090. The van der Waals surface area contributed by atoms with Crippen LogP contribution in [-0.4, -0.2) is 58.0 Å². The molecule has 0 radical (unpaired) electrons. The summed E-state index contributed by atoms with van der Waals surface area (Å²) in [6.45, 7) is 1.96. The van der Waals surface area contributed by atoms with E-state index in [0.29, 0.717) is 29.3 Å². The van der Waals surface area contributed by atoms with Gasteiger partial charge < -0.3 is 14.9 Å². The van der Waals surface area contributed by atoms with Crippen LogP contribution in [0.1, 0.15) is 47.3 Å². The molecule has 1 aromatic carbocycles. The Morgan fingerprint density at radius 1 is 1.23 bits per heavy atom. The van der Waals surface area contributed by atoms with E-state index >= 15 is 0 Å². The second-order valence-corrected chi connectivity index (χ2v) is 10.7. The average molecular weight is 416 g/mol. The number of amides is 1. The minimum absolute atomic E-state index is 0.0865. The van der Waals surface area contributed by atoms with Crippen LogP contribution in [0.2, 0.25) is 0 Å². The van der Waals surface area contributed by atoms with Gasteiger partial charge in [0.1, 0.15) is 11.4 Å². The maximum absolute atomic E-state index is 13.5. The van der Waals surface area contributed by atoms with Crippen molar-refractivity contribution in [2.75, 3.05) is 20.1 Å². The molecule has 4 fully saturated rings. The molecule has 5 aliphatic rings. The first-order chi connectivity index (χ1) is 15.0. The minimum Gasteiger partial charge on any atom is -0.508 e. The molecule has 3 aliphatic carbocycles. The first-order valence-electron chi connectivity index (χ1n) is 11.8. The monoisotopic (exact) mass is 415 g/mol. The topological polar surface area (TPSA) is 56.7 Å². The summed E-state index contributed by atoms with van der Waals surface area (Å²) in [7, 11) is 2.31. The number of benzene rings is 1. The van der Waals surface area contributed by atoms with Crippen LogP contribution in [0, 0.1) is 17.3 Å². The summed E-state index contributed by atoms with van der Waals surface area (Å²) in [5, 5.41) is 10.5. The SMILES string of the molecule is CN1CCC23c4cc(O)ccc4CC1C21CCC2C3[C@@H](CN2C(=O)c2ccccn2)C1. The largest absolute Gasteiger partial charge is 0.508 e. The van der Waals surface area contributed by atoms with E-state index in [0.717, 1.165) is 32.4 Å². The number of likely N-dealkylation sites (N-methyl/N-ethyl adjacent to an activating group) is 1. The third-order valence-corrected chi connectivity index (χ3v) is 9.89. The Hall–Kier alpha value is -2.40. The maximum Gasteiger partial charge on any atom is 0.272 e. The average Bonchev–Trinajstić information content (AvgIpc) is 3.23. The number of carbonyl (C=O) groups is 1. The molecule has 2 aromatic rings. The van der Waals surface area contributed by atoms with E-state index in [1.54, 1.807) is 6.20 Å². The highest BCUT2D eigenvalue weighted by atomic mass is 16.3. The van der Waals surface area contributed by atoms with Crippen LogP contribution in [-0.2, 0) is 11.8 Å². The summed E-state index contributed by atoms with van der Waals surface area (Å²) in [6.07, 6.45) is 7.44. The number of fused-ring (bicyclic) bond motifs is 1. The number of hydrogen-bond donors (Lipinski definition) is 1. The Morgan fingerprint density at radius 2 is 2.13 bits per heavy atom. The fourth-order valence-corrected chi connectivity index (χ4v) is 9.10. The summed E-state index contributed by atoms with van der Waals surface area (Å²) in [6, 6.07) is 12.6. The Morgan fingerprint density at radius 3 is 2.97 bits per heavy atom. The summed E-state index contributed by atoms with van der Waals surface area (Å²) in [5.41, 5.74) is 3.76. The van der Waals surface area contributed by atoms with E-state index in [2.05, 4.69) is 34.0 Å². The van der Waals surface area contributed by atoms with Gasteiger partial charge in [-0.25, -0.2) is 0 Å². The van der Waals surface area contributed by atoms with Crippen molar-refractivity contribution in [2.45, 2.75) is 49.6 Å². The van der Waals surface area contributed by atoms with Gasteiger partial charge in [0.2, 0.25) is 0 Å². The molecule has 5 heteroatoms. The molecule has 31 heavy (non-hydrogen) atoms. The quantitative estimate of drug-likeness (QED) is 0.777. The zero-order valence-electron chi connectivity index (χ0n) is 18.0. The summed E-state index contributed by atoms with van der Waals surface area (Å²) < 4.78 is 0. The number of rotatable bonds is 1. The normalized spacial score (nSPS) is 39.8. The number of aromatic nitrogens is 1. The van der Waals surface area contributed by atoms with E-state index in [1.807, 2.05) is 24.3 Å². The number of pyridine rings is 1. The molecule has 3 heterocycles. The first-order valence-corrected chi connectivity index (χ1v) is 11.8. The Labute approximate surface area is 183 Å². The van der Waals surface area contributed by atoms with Crippen molar-refractivity contribution in [1.82, 2.24) is 14.8 Å². The third kappa shape index (κ3) is 2.02. The molecule has 2 aliphatic heterocycles. The first kappa shape index (κ1) is 18.2. The molecule has 4 bridgehead atoms. The molecule has 0 spiro atoms. The lowest BCUT2D eigenvalue weighted by molar-refractivity contribution is -0.0926. The predicted octanol–water partition coefficient (Wildman–Crippen LogP) is 3.23. The van der Waals surface area contributed by atoms with Gasteiger partial charge in [0.15, 0.2) is 0 Å². The highest BCUT2D eigenvalue weighted by Crippen LogP contribution is 2.75. The zero-order chi connectivity index (χ0) is 21.0. The van der Waals surface area contributed by atoms with Crippen LogP contribution >= 0.6 is 0 Å². The van der Waals surface area contributed by atoms with Crippen LogP contribution in [0.25, 0.3) is 0 Å². The van der Waals surface area contributed by atoms with Gasteiger partial charge in [-0.05, 0) is 98.3 Å². The lowest BCUT2D eigenvalue weighted by Gasteiger charge is -2.66. The van der Waals surface area contributed by atoms with Gasteiger partial charge in [-0.3, -0.25) is 9.78 Å². The van der Waals surface area contributed by atoms with Crippen molar-refractivity contribution >= 4 is 5.91 Å². The predicted molar refractivity (Wildman–Crippen MR) is 117 cm³/mol. The van der Waals surface area contributed by atoms with Gasteiger partial charge in [0.25, 0.3) is 5.91 Å². The van der Waals surface area contributed by atoms with E-state index in [4.69, 9.17) is 0 Å². The molecular formula is C26H29N3O2. The van der Waals surface area contributed by atoms with Gasteiger partial charge in [0.05, 0.1) is 0 Å². The molecule has 5 nitrogen and oxygen atoms in total. The van der Waals surface area contributed by atoms with Crippen molar-refractivity contribution in [3.63, 3.8) is 0 Å². The van der Waals surface area contributed by atoms with E-state index < -0.39 is 0 Å². The van der Waals surface area contributed by atoms with Crippen LogP contribution in [0.3, 0.4) is 0 Å². The van der Waals surface area contributed by atoms with Crippen molar-refractivity contribution < 1.29 is 9.90 Å². The van der Waals surface area contributed by atoms with Crippen LogP contribution in [0.5, 0.6) is 5.75 Å². The van der Waals surface area contributed by atoms with Crippen LogP contribution in [0.15, 0.2) is 42.6 Å². The fraction of sp³-hybridized carbons (Fsp3) is 0.538. The van der Waals surface area contributed by atoms with Gasteiger partial charge in [-0.1, -0.05) is 12.1 Å². The van der Waals surface area contributed by atoms with Crippen molar-refractivity contribution in [1.29, 1.82) is 0 Å². The van der Waals surface area contributed by atoms with Gasteiger partial charge >= 0.3 is 0 Å². The van der Waals surface area contributed by atoms with Gasteiger partial charge in [0, 0.05) is 30.2 Å². The molecule has 160 valence electrons. The zero-order valence-corrected chi connectivity index (χ0v) is 18.0. The van der Waals surface area contributed by atoms with E-state index in [9.17, 15) is 9.90 Å². The molecule has 1 aromatic heterocycles. The number of carbonyl (C=O) groups excluding carboxylic acids is 1. The van der Waals surface area contributed by atoms with Crippen LogP contribution < -0.4 is 0 Å². The highest BCUT2D eigenvalue weighted by molar-refractivity contribution is 5.92. The highest BCUT2D eigenvalue weighted by Gasteiger charge is 2.76. The second kappa shape index (κ2) is 5.89. The number of phenols is 1. The van der Waals surface area contributed by atoms with E-state index in [-0.39, 0.29) is 22.8 Å². The summed E-state index contributed by atoms with van der Waals surface area (Å²) in [4.78, 5) is 22.6. The van der Waals surface area contributed by atoms with E-state index in [1.165, 1.54) is 24.0 Å². The number of hydrogen-bond acceptors (Lipinski definition) is 4. The summed E-state index contributed by atoms with van der Waals surface area (Å²) in [5.74, 6) is 1.52. The smallest absolute Gasteiger partial charge is 0.272 e. The molecule has 6 atom stereocenters. The number of piperidine rings is 1. The molecule has 1 N–H and O–H groups in total. The molecule has 2 saturated heterocycles. The molecule has 1 amide bonds. The Balaban J connectivity index is 1.38. The molecule has 7 rings (SSSR count). The fourth-order valence-electron chi connectivity index (χ4n) is 9.10. The lowest BCUT2D eigenvalue weighted by Crippen LogP contribution is -2.69. The van der Waals surface area contributed by atoms with Crippen LogP contribution in [0.4, 0.5) is 0 Å². The second-order valence-electron chi connectivity index (χ2n) is 10.7. The number of aromatic hydroxyl groups is 1. The minimum atomic E-state index is 0.0865. The molecule has 2 saturated carbocycles. The lowest BCUT2D eigenvalue weighted by atomic mass is 9.43. The third-order valence-electron chi connectivity index (χ3n) is 9.89. The number of phenolic OH excluding ortho intramolecular Hbond substituents is 1. The standard InChI is InChI=1S/C26H29N3O2/c1-28-11-9-26-19-13-18(30)6-5-16(19)12-22(28)25(26)8-7-21-23(26)17(14-25)15-29(21)24(31)20-4-2-3-10-27-20/h2-6,10,13,17,21-23,30H,7-9,11-12,14-15H2,1H3/t17-,21?,22?,23?,25?,26?/m1/s1. The van der Waals surface area contributed by atoms with Crippen molar-refractivity contribution in [3.05, 3.63) is 59.4 Å². The van der Waals surface area contributed by atoms with Crippen molar-refractivity contribution in [2.24, 2.45) is 17.3 Å². The summed E-state index contributed by atoms with van der Waals surface area (Å²) >= 11 is 0. The van der Waals surface area contributed by atoms with Crippen molar-refractivity contribution in [3.8, 4) is 5.75 Å².